The number of benzene rings is 1. The van der Waals surface area contributed by atoms with Crippen LogP contribution in [0.3, 0.4) is 0 Å². The van der Waals surface area contributed by atoms with Gasteiger partial charge in [-0.1, -0.05) is 65.5 Å². The van der Waals surface area contributed by atoms with Gasteiger partial charge in [-0.15, -0.1) is 0 Å². The molecule has 0 heterocycles. The molecule has 4 fully saturated rings. The molecule has 0 amide bonds. The largest absolute Gasteiger partial charge is 0.465 e. The number of hydrogen-bond acceptors (Lipinski definition) is 2. The van der Waals surface area contributed by atoms with Gasteiger partial charge in [-0.3, -0.25) is 0 Å². The molecule has 0 aromatic heterocycles. The van der Waals surface area contributed by atoms with Crippen molar-refractivity contribution >= 4 is 0 Å². The van der Waals surface area contributed by atoms with Crippen LogP contribution in [0.1, 0.15) is 104 Å². The molecule has 0 radical (unpaired) electrons. The van der Waals surface area contributed by atoms with Gasteiger partial charge in [0.25, 0.3) is 0 Å². The molecular formula is C30H46O2. The predicted molar refractivity (Wildman–Crippen MR) is 132 cm³/mol. The first-order chi connectivity index (χ1) is 15.3. The van der Waals surface area contributed by atoms with Gasteiger partial charge in [0.1, 0.15) is 5.75 Å². The Morgan fingerprint density at radius 3 is 2.34 bits per heavy atom. The van der Waals surface area contributed by atoms with Crippen LogP contribution >= 0.6 is 0 Å². The van der Waals surface area contributed by atoms with Gasteiger partial charge in [0.15, 0.2) is 0 Å². The molecule has 4 aliphatic carbocycles. The molecule has 2 nitrogen and oxygen atoms in total. The second-order valence-electron chi connectivity index (χ2n) is 13.3. The minimum absolute atomic E-state index is 0.101. The third-order valence-electron chi connectivity index (χ3n) is 9.34. The predicted octanol–water partition coefficient (Wildman–Crippen LogP) is 8.18. The van der Waals surface area contributed by atoms with Gasteiger partial charge in [-0.25, -0.2) is 0 Å². The molecule has 0 saturated heterocycles. The Labute approximate surface area is 196 Å². The fourth-order valence-electron chi connectivity index (χ4n) is 7.94. The van der Waals surface area contributed by atoms with E-state index in [0.29, 0.717) is 16.9 Å². The second kappa shape index (κ2) is 8.97. The maximum absolute atomic E-state index is 6.91. The Hall–Kier alpha value is -1.02. The molecule has 2 bridgehead atoms. The quantitative estimate of drug-likeness (QED) is 0.400. The van der Waals surface area contributed by atoms with Crippen molar-refractivity contribution in [3.05, 3.63) is 29.8 Å². The molecule has 2 heteroatoms. The van der Waals surface area contributed by atoms with Crippen LogP contribution in [0.2, 0.25) is 0 Å². The van der Waals surface area contributed by atoms with E-state index in [2.05, 4.69) is 52.0 Å². The first-order valence-corrected chi connectivity index (χ1v) is 13.7. The van der Waals surface area contributed by atoms with Gasteiger partial charge >= 0.3 is 0 Å². The zero-order valence-electron chi connectivity index (χ0n) is 21.1. The van der Waals surface area contributed by atoms with Gasteiger partial charge in [-0.2, -0.15) is 0 Å². The van der Waals surface area contributed by atoms with Crippen molar-refractivity contribution < 1.29 is 9.47 Å². The SMILES string of the molecule is CC(C)(C)Cc1ccc(OC(CC2(C)CCCCC2)OC2CC3CC2C2CCCC32)cc1. The minimum atomic E-state index is -0.101. The van der Waals surface area contributed by atoms with Crippen molar-refractivity contribution in [3.8, 4) is 5.75 Å². The van der Waals surface area contributed by atoms with Crippen LogP contribution in [0.15, 0.2) is 24.3 Å². The highest BCUT2D eigenvalue weighted by Crippen LogP contribution is 2.59. The first kappa shape index (κ1) is 22.8. The molecule has 6 atom stereocenters. The van der Waals surface area contributed by atoms with Crippen molar-refractivity contribution in [2.45, 2.75) is 117 Å². The molecule has 32 heavy (non-hydrogen) atoms. The van der Waals surface area contributed by atoms with E-state index in [4.69, 9.17) is 9.47 Å². The normalized spacial score (nSPS) is 34.4. The van der Waals surface area contributed by atoms with Gasteiger partial charge < -0.3 is 9.47 Å². The number of ether oxygens (including phenoxy) is 2. The summed E-state index contributed by atoms with van der Waals surface area (Å²) in [5, 5.41) is 0. The Morgan fingerprint density at radius 2 is 1.62 bits per heavy atom. The lowest BCUT2D eigenvalue weighted by Crippen LogP contribution is -2.38. The van der Waals surface area contributed by atoms with Crippen LogP contribution in [0.5, 0.6) is 5.75 Å². The fraction of sp³-hybridized carbons (Fsp3) is 0.800. The van der Waals surface area contributed by atoms with Crippen molar-refractivity contribution in [1.82, 2.24) is 0 Å². The summed E-state index contributed by atoms with van der Waals surface area (Å²) in [6, 6.07) is 8.85. The van der Waals surface area contributed by atoms with Crippen LogP contribution in [-0.2, 0) is 11.2 Å². The van der Waals surface area contributed by atoms with E-state index in [-0.39, 0.29) is 6.29 Å². The van der Waals surface area contributed by atoms with Crippen LogP contribution in [0.25, 0.3) is 0 Å². The minimum Gasteiger partial charge on any atom is -0.465 e. The fourth-order valence-corrected chi connectivity index (χ4v) is 7.94. The molecule has 5 rings (SSSR count). The van der Waals surface area contributed by atoms with Gasteiger partial charge in [0.2, 0.25) is 6.29 Å². The molecule has 4 saturated carbocycles. The summed E-state index contributed by atoms with van der Waals surface area (Å²) in [5.74, 6) is 4.67. The monoisotopic (exact) mass is 438 g/mol. The average Bonchev–Trinajstić information content (AvgIpc) is 3.42. The number of fused-ring (bicyclic) bond motifs is 5. The molecule has 178 valence electrons. The maximum atomic E-state index is 6.91. The standard InChI is InChI=1S/C30H46O2/c1-29(2,3)19-21-11-13-23(14-12-21)31-28(20-30(4)15-6-5-7-16-30)32-27-18-22-17-26(27)25-10-8-9-24(22)25/h11-14,22,24-28H,5-10,15-20H2,1-4H3. The van der Waals surface area contributed by atoms with Gasteiger partial charge in [0.05, 0.1) is 6.10 Å². The molecule has 0 spiro atoms. The maximum Gasteiger partial charge on any atom is 0.200 e. The highest BCUT2D eigenvalue weighted by molar-refractivity contribution is 5.28. The van der Waals surface area contributed by atoms with Crippen molar-refractivity contribution in [3.63, 3.8) is 0 Å². The van der Waals surface area contributed by atoms with E-state index in [1.165, 1.54) is 69.8 Å². The molecule has 4 aliphatic rings. The molecule has 6 unspecified atom stereocenters. The van der Waals surface area contributed by atoms with E-state index >= 15 is 0 Å². The molecule has 1 aromatic rings. The van der Waals surface area contributed by atoms with E-state index in [9.17, 15) is 0 Å². The zero-order valence-corrected chi connectivity index (χ0v) is 21.1. The lowest BCUT2D eigenvalue weighted by molar-refractivity contribution is -0.160. The van der Waals surface area contributed by atoms with E-state index < -0.39 is 0 Å². The summed E-state index contributed by atoms with van der Waals surface area (Å²) < 4.78 is 13.5. The summed E-state index contributed by atoms with van der Waals surface area (Å²) in [6.45, 7) is 9.38. The van der Waals surface area contributed by atoms with E-state index in [0.717, 1.165) is 42.3 Å². The van der Waals surface area contributed by atoms with Crippen LogP contribution < -0.4 is 4.74 Å². The van der Waals surface area contributed by atoms with Crippen molar-refractivity contribution in [2.75, 3.05) is 0 Å². The Morgan fingerprint density at radius 1 is 0.906 bits per heavy atom. The van der Waals surface area contributed by atoms with Gasteiger partial charge in [0, 0.05) is 6.42 Å². The Bertz CT molecular complexity index is 754. The highest BCUT2D eigenvalue weighted by Gasteiger charge is 2.55. The van der Waals surface area contributed by atoms with Crippen LogP contribution in [0, 0.1) is 34.5 Å². The highest BCUT2D eigenvalue weighted by atomic mass is 16.7. The van der Waals surface area contributed by atoms with E-state index in [1.807, 2.05) is 0 Å². The third kappa shape index (κ3) is 5.06. The third-order valence-corrected chi connectivity index (χ3v) is 9.34. The summed E-state index contributed by atoms with van der Waals surface area (Å²) in [5.41, 5.74) is 2.06. The summed E-state index contributed by atoms with van der Waals surface area (Å²) in [4.78, 5) is 0. The van der Waals surface area contributed by atoms with Crippen LogP contribution in [-0.4, -0.2) is 12.4 Å². The smallest absolute Gasteiger partial charge is 0.200 e. The van der Waals surface area contributed by atoms with Crippen LogP contribution in [0.4, 0.5) is 0 Å². The number of rotatable bonds is 7. The lowest BCUT2D eigenvalue weighted by Gasteiger charge is -2.39. The Balaban J connectivity index is 1.28. The second-order valence-corrected chi connectivity index (χ2v) is 13.3. The summed E-state index contributed by atoms with van der Waals surface area (Å²) in [6.07, 6.45) is 16.3. The molecule has 0 N–H and O–H groups in total. The Kier molecular flexibility index (Phi) is 6.38. The number of hydrogen-bond donors (Lipinski definition) is 0. The van der Waals surface area contributed by atoms with Gasteiger partial charge in [-0.05, 0) is 97.1 Å². The molecule has 1 aromatic carbocycles. The van der Waals surface area contributed by atoms with E-state index in [1.54, 1.807) is 0 Å². The molecule has 0 aliphatic heterocycles. The van der Waals surface area contributed by atoms with Crippen molar-refractivity contribution in [2.24, 2.45) is 34.5 Å². The first-order valence-electron chi connectivity index (χ1n) is 13.7. The molecular weight excluding hydrogens is 392 g/mol. The average molecular weight is 439 g/mol. The zero-order chi connectivity index (χ0) is 22.3. The van der Waals surface area contributed by atoms with Crippen molar-refractivity contribution in [1.29, 1.82) is 0 Å². The lowest BCUT2D eigenvalue weighted by atomic mass is 9.73. The summed E-state index contributed by atoms with van der Waals surface area (Å²) in [7, 11) is 0. The summed E-state index contributed by atoms with van der Waals surface area (Å²) >= 11 is 0. The topological polar surface area (TPSA) is 18.5 Å².